The Morgan fingerprint density at radius 2 is 2.06 bits per heavy atom. The molecule has 1 saturated carbocycles. The standard InChI is InChI=1S/C13H24N4O/c1-3-17-12(11(14)10(2)16-17)15-9-13(18)7-5-4-6-8-13/h15,18H,3-9,14H2,1-2H3. The molecule has 18 heavy (non-hydrogen) atoms. The highest BCUT2D eigenvalue weighted by molar-refractivity contribution is 5.64. The lowest BCUT2D eigenvalue weighted by atomic mass is 9.85. The minimum absolute atomic E-state index is 0.558. The summed E-state index contributed by atoms with van der Waals surface area (Å²) in [5.41, 5.74) is 6.96. The molecule has 0 atom stereocenters. The largest absolute Gasteiger partial charge is 0.394 e. The molecule has 0 radical (unpaired) electrons. The van der Waals surface area contributed by atoms with Crippen LogP contribution in [0.25, 0.3) is 0 Å². The SMILES string of the molecule is CCn1nc(C)c(N)c1NCC1(O)CCCCC1. The number of hydrogen-bond acceptors (Lipinski definition) is 4. The van der Waals surface area contributed by atoms with Crippen molar-refractivity contribution in [3.8, 4) is 0 Å². The van der Waals surface area contributed by atoms with Gasteiger partial charge in [0.1, 0.15) is 5.82 Å². The van der Waals surface area contributed by atoms with Crippen molar-refractivity contribution >= 4 is 11.5 Å². The van der Waals surface area contributed by atoms with Gasteiger partial charge in [-0.05, 0) is 26.7 Å². The predicted octanol–water partition coefficient (Wildman–Crippen LogP) is 1.90. The van der Waals surface area contributed by atoms with Gasteiger partial charge in [0.15, 0.2) is 0 Å². The Morgan fingerprint density at radius 3 is 2.67 bits per heavy atom. The molecule has 1 heterocycles. The van der Waals surface area contributed by atoms with Crippen LogP contribution in [0.1, 0.15) is 44.7 Å². The molecular weight excluding hydrogens is 228 g/mol. The van der Waals surface area contributed by atoms with E-state index < -0.39 is 5.60 Å². The first kappa shape index (κ1) is 13.2. The summed E-state index contributed by atoms with van der Waals surface area (Å²) < 4.78 is 1.86. The number of aryl methyl sites for hydroxylation is 2. The predicted molar refractivity (Wildman–Crippen MR) is 73.6 cm³/mol. The van der Waals surface area contributed by atoms with Crippen LogP contribution in [-0.4, -0.2) is 27.0 Å². The molecule has 0 spiro atoms. The third-order valence-electron chi connectivity index (χ3n) is 3.84. The molecule has 0 unspecified atom stereocenters. The van der Waals surface area contributed by atoms with E-state index in [1.54, 1.807) is 0 Å². The van der Waals surface area contributed by atoms with Crippen molar-refractivity contribution in [1.29, 1.82) is 0 Å². The summed E-state index contributed by atoms with van der Waals surface area (Å²) >= 11 is 0. The number of nitrogens with one attached hydrogen (secondary N) is 1. The van der Waals surface area contributed by atoms with E-state index in [1.807, 2.05) is 18.5 Å². The van der Waals surface area contributed by atoms with Crippen LogP contribution in [-0.2, 0) is 6.54 Å². The summed E-state index contributed by atoms with van der Waals surface area (Å²) in [6.45, 7) is 5.27. The Balaban J connectivity index is 2.05. The maximum Gasteiger partial charge on any atom is 0.148 e. The molecule has 5 nitrogen and oxygen atoms in total. The van der Waals surface area contributed by atoms with E-state index in [9.17, 15) is 5.11 Å². The van der Waals surface area contributed by atoms with Crippen molar-refractivity contribution in [1.82, 2.24) is 9.78 Å². The minimum Gasteiger partial charge on any atom is -0.394 e. The number of aliphatic hydroxyl groups is 1. The fraction of sp³-hybridized carbons (Fsp3) is 0.769. The van der Waals surface area contributed by atoms with E-state index in [-0.39, 0.29) is 0 Å². The number of nitrogens with two attached hydrogens (primary N) is 1. The fourth-order valence-electron chi connectivity index (χ4n) is 2.65. The second-order valence-corrected chi connectivity index (χ2v) is 5.30. The van der Waals surface area contributed by atoms with Crippen LogP contribution in [0.15, 0.2) is 0 Å². The van der Waals surface area contributed by atoms with Crippen molar-refractivity contribution in [2.75, 3.05) is 17.6 Å². The number of rotatable bonds is 4. The molecule has 1 aromatic heterocycles. The highest BCUT2D eigenvalue weighted by Gasteiger charge is 2.29. The molecule has 0 aliphatic heterocycles. The summed E-state index contributed by atoms with van der Waals surface area (Å²) in [6, 6.07) is 0. The van der Waals surface area contributed by atoms with Crippen LogP contribution in [0.5, 0.6) is 0 Å². The second kappa shape index (κ2) is 5.18. The van der Waals surface area contributed by atoms with Crippen molar-refractivity contribution in [2.45, 2.75) is 58.1 Å². The van der Waals surface area contributed by atoms with E-state index in [4.69, 9.17) is 5.73 Å². The molecule has 4 N–H and O–H groups in total. The second-order valence-electron chi connectivity index (χ2n) is 5.30. The summed E-state index contributed by atoms with van der Waals surface area (Å²) in [4.78, 5) is 0. The van der Waals surface area contributed by atoms with Crippen LogP contribution < -0.4 is 11.1 Å². The number of nitrogen functional groups attached to an aromatic ring is 1. The van der Waals surface area contributed by atoms with E-state index >= 15 is 0 Å². The van der Waals surface area contributed by atoms with Crippen molar-refractivity contribution < 1.29 is 5.11 Å². The van der Waals surface area contributed by atoms with Crippen LogP contribution in [0.3, 0.4) is 0 Å². The van der Waals surface area contributed by atoms with Crippen LogP contribution in [0, 0.1) is 6.92 Å². The van der Waals surface area contributed by atoms with E-state index in [0.29, 0.717) is 12.2 Å². The Hall–Kier alpha value is -1.23. The minimum atomic E-state index is -0.582. The van der Waals surface area contributed by atoms with E-state index in [0.717, 1.165) is 43.7 Å². The van der Waals surface area contributed by atoms with Gasteiger partial charge in [-0.3, -0.25) is 0 Å². The maximum absolute atomic E-state index is 10.5. The van der Waals surface area contributed by atoms with Gasteiger partial charge >= 0.3 is 0 Å². The van der Waals surface area contributed by atoms with Gasteiger partial charge in [-0.2, -0.15) is 5.10 Å². The maximum atomic E-state index is 10.5. The zero-order valence-corrected chi connectivity index (χ0v) is 11.4. The molecular formula is C13H24N4O. The summed E-state index contributed by atoms with van der Waals surface area (Å²) in [6.07, 6.45) is 5.20. The van der Waals surface area contributed by atoms with Gasteiger partial charge in [0, 0.05) is 13.1 Å². The van der Waals surface area contributed by atoms with Gasteiger partial charge in [-0.25, -0.2) is 4.68 Å². The highest BCUT2D eigenvalue weighted by atomic mass is 16.3. The van der Waals surface area contributed by atoms with E-state index in [2.05, 4.69) is 10.4 Å². The molecule has 1 aliphatic carbocycles. The first-order valence-corrected chi connectivity index (χ1v) is 6.85. The van der Waals surface area contributed by atoms with Gasteiger partial charge < -0.3 is 16.2 Å². The molecule has 0 saturated heterocycles. The van der Waals surface area contributed by atoms with Gasteiger partial charge in [0.25, 0.3) is 0 Å². The topological polar surface area (TPSA) is 76.1 Å². The van der Waals surface area contributed by atoms with Crippen LogP contribution >= 0.6 is 0 Å². The molecule has 0 amide bonds. The monoisotopic (exact) mass is 252 g/mol. The lowest BCUT2D eigenvalue weighted by Crippen LogP contribution is -2.39. The van der Waals surface area contributed by atoms with Crippen molar-refractivity contribution in [2.24, 2.45) is 0 Å². The summed E-state index contributed by atoms with van der Waals surface area (Å²) in [5, 5.41) is 18.1. The van der Waals surface area contributed by atoms with Crippen molar-refractivity contribution in [3.05, 3.63) is 5.69 Å². The van der Waals surface area contributed by atoms with Crippen LogP contribution in [0.2, 0.25) is 0 Å². The quantitative estimate of drug-likeness (QED) is 0.765. The normalized spacial score (nSPS) is 18.8. The molecule has 1 aromatic rings. The zero-order chi connectivity index (χ0) is 13.2. The average Bonchev–Trinajstić information content (AvgIpc) is 2.64. The lowest BCUT2D eigenvalue weighted by Gasteiger charge is -2.32. The first-order chi connectivity index (χ1) is 8.56. The third kappa shape index (κ3) is 2.61. The molecule has 0 aromatic carbocycles. The first-order valence-electron chi connectivity index (χ1n) is 6.85. The molecule has 1 aliphatic rings. The fourth-order valence-corrected chi connectivity index (χ4v) is 2.65. The van der Waals surface area contributed by atoms with Crippen LogP contribution in [0.4, 0.5) is 11.5 Å². The highest BCUT2D eigenvalue weighted by Crippen LogP contribution is 2.29. The summed E-state index contributed by atoms with van der Waals surface area (Å²) in [7, 11) is 0. The Bertz CT molecular complexity index is 407. The summed E-state index contributed by atoms with van der Waals surface area (Å²) in [5.74, 6) is 0.842. The number of hydrogen-bond donors (Lipinski definition) is 3. The van der Waals surface area contributed by atoms with Gasteiger partial charge in [0.2, 0.25) is 0 Å². The van der Waals surface area contributed by atoms with E-state index in [1.165, 1.54) is 6.42 Å². The molecule has 5 heteroatoms. The van der Waals surface area contributed by atoms with Gasteiger partial charge in [0.05, 0.1) is 17.0 Å². The average molecular weight is 252 g/mol. The smallest absolute Gasteiger partial charge is 0.148 e. The molecule has 1 fully saturated rings. The van der Waals surface area contributed by atoms with Crippen molar-refractivity contribution in [3.63, 3.8) is 0 Å². The molecule has 102 valence electrons. The zero-order valence-electron chi connectivity index (χ0n) is 11.4. The Labute approximate surface area is 108 Å². The lowest BCUT2D eigenvalue weighted by molar-refractivity contribution is 0.0166. The molecule has 0 bridgehead atoms. The third-order valence-corrected chi connectivity index (χ3v) is 3.84. The Morgan fingerprint density at radius 1 is 1.39 bits per heavy atom. The number of aromatic nitrogens is 2. The molecule has 2 rings (SSSR count). The number of anilines is 2. The number of nitrogens with zero attached hydrogens (tertiary/aromatic N) is 2. The van der Waals surface area contributed by atoms with Gasteiger partial charge in [-0.1, -0.05) is 19.3 Å². The van der Waals surface area contributed by atoms with Gasteiger partial charge in [-0.15, -0.1) is 0 Å². The Kier molecular flexibility index (Phi) is 3.80.